The van der Waals surface area contributed by atoms with E-state index in [1.807, 2.05) is 9.80 Å². The fourth-order valence-electron chi connectivity index (χ4n) is 3.16. The highest BCUT2D eigenvalue weighted by Crippen LogP contribution is 2.23. The summed E-state index contributed by atoms with van der Waals surface area (Å²) in [6, 6.07) is 0.609. The molecule has 0 aliphatic carbocycles. The first kappa shape index (κ1) is 13.8. The molecule has 1 amide bonds. The van der Waals surface area contributed by atoms with Gasteiger partial charge in [-0.1, -0.05) is 0 Å². The summed E-state index contributed by atoms with van der Waals surface area (Å²) in [7, 11) is 0. The maximum Gasteiger partial charge on any atom is 0.237 e. The monoisotopic (exact) mass is 256 g/mol. The van der Waals surface area contributed by atoms with Crippen LogP contribution in [0.25, 0.3) is 0 Å². The molecule has 0 aromatic heterocycles. The van der Waals surface area contributed by atoms with Crippen LogP contribution in [0.4, 0.5) is 0 Å². The van der Waals surface area contributed by atoms with E-state index >= 15 is 0 Å². The van der Waals surface area contributed by atoms with E-state index in [4.69, 9.17) is 0 Å². The summed E-state index contributed by atoms with van der Waals surface area (Å²) in [5.74, 6) is 0.121. The van der Waals surface area contributed by atoms with Crippen molar-refractivity contribution in [2.75, 3.05) is 19.6 Å². The minimum atomic E-state index is -0.714. The van der Waals surface area contributed by atoms with Crippen molar-refractivity contribution in [2.45, 2.75) is 57.4 Å². The van der Waals surface area contributed by atoms with Crippen LogP contribution in [-0.4, -0.2) is 69.8 Å². The number of piperidine rings is 1. The molecule has 0 aromatic carbocycles. The van der Waals surface area contributed by atoms with Crippen molar-refractivity contribution in [3.8, 4) is 0 Å². The van der Waals surface area contributed by atoms with E-state index < -0.39 is 12.2 Å². The van der Waals surface area contributed by atoms with Crippen molar-refractivity contribution in [3.05, 3.63) is 0 Å². The maximum atomic E-state index is 12.3. The molecule has 2 fully saturated rings. The van der Waals surface area contributed by atoms with Crippen molar-refractivity contribution in [1.82, 2.24) is 9.80 Å². The molecular formula is C13H24N2O3. The second-order valence-corrected chi connectivity index (χ2v) is 5.76. The van der Waals surface area contributed by atoms with Crippen molar-refractivity contribution in [2.24, 2.45) is 0 Å². The van der Waals surface area contributed by atoms with Gasteiger partial charge in [0.25, 0.3) is 0 Å². The van der Waals surface area contributed by atoms with Crippen molar-refractivity contribution in [1.29, 1.82) is 0 Å². The van der Waals surface area contributed by atoms with Crippen LogP contribution < -0.4 is 0 Å². The number of hydrogen-bond acceptors (Lipinski definition) is 4. The molecule has 18 heavy (non-hydrogen) atoms. The molecule has 2 saturated heterocycles. The predicted molar refractivity (Wildman–Crippen MR) is 68.1 cm³/mol. The maximum absolute atomic E-state index is 12.3. The van der Waals surface area contributed by atoms with Gasteiger partial charge < -0.3 is 15.1 Å². The van der Waals surface area contributed by atoms with E-state index in [0.29, 0.717) is 31.7 Å². The lowest BCUT2D eigenvalue weighted by atomic mass is 9.97. The summed E-state index contributed by atoms with van der Waals surface area (Å²) in [4.78, 5) is 16.1. The fourth-order valence-corrected chi connectivity index (χ4v) is 3.16. The lowest BCUT2D eigenvalue weighted by Gasteiger charge is -2.39. The Labute approximate surface area is 108 Å². The van der Waals surface area contributed by atoms with Gasteiger partial charge in [0.1, 0.15) is 0 Å². The smallest absolute Gasteiger partial charge is 0.237 e. The first-order chi connectivity index (χ1) is 8.49. The lowest BCUT2D eigenvalue weighted by molar-refractivity contribution is -0.138. The van der Waals surface area contributed by atoms with E-state index in [2.05, 4.69) is 13.8 Å². The second kappa shape index (κ2) is 5.55. The fraction of sp³-hybridized carbons (Fsp3) is 0.923. The van der Waals surface area contributed by atoms with Gasteiger partial charge in [-0.2, -0.15) is 0 Å². The highest BCUT2D eigenvalue weighted by atomic mass is 16.3. The van der Waals surface area contributed by atoms with E-state index in [-0.39, 0.29) is 5.91 Å². The molecule has 2 aliphatic rings. The van der Waals surface area contributed by atoms with Crippen molar-refractivity contribution >= 4 is 5.91 Å². The van der Waals surface area contributed by atoms with E-state index in [1.54, 1.807) is 0 Å². The zero-order chi connectivity index (χ0) is 13.3. The third kappa shape index (κ3) is 2.84. The molecule has 0 radical (unpaired) electrons. The number of β-amino-alcohol motifs (C(OH)–C–C–N with tert-alkyl or cyclic N) is 2. The van der Waals surface area contributed by atoms with Crippen LogP contribution in [0.5, 0.6) is 0 Å². The Bertz CT molecular complexity index is 291. The van der Waals surface area contributed by atoms with Crippen LogP contribution >= 0.6 is 0 Å². The number of likely N-dealkylation sites (tertiary alicyclic amines) is 2. The first-order valence-corrected chi connectivity index (χ1v) is 6.88. The van der Waals surface area contributed by atoms with Gasteiger partial charge in [-0.15, -0.1) is 0 Å². The SMILES string of the molecule is CC1CCCC(C)N1C(=O)CN1C[C@@H](O)[C@@H](O)C1. The van der Waals surface area contributed by atoms with Crippen LogP contribution in [0.2, 0.25) is 0 Å². The number of carbonyl (C=O) groups is 1. The Hall–Kier alpha value is -0.650. The third-order valence-corrected chi connectivity index (χ3v) is 4.18. The zero-order valence-electron chi connectivity index (χ0n) is 11.2. The zero-order valence-corrected chi connectivity index (χ0v) is 11.2. The summed E-state index contributed by atoms with van der Waals surface area (Å²) in [5, 5.41) is 19.0. The van der Waals surface area contributed by atoms with Crippen LogP contribution in [0.15, 0.2) is 0 Å². The van der Waals surface area contributed by atoms with Gasteiger partial charge in [-0.3, -0.25) is 9.69 Å². The Morgan fingerprint density at radius 2 is 1.61 bits per heavy atom. The molecule has 2 unspecified atom stereocenters. The van der Waals surface area contributed by atoms with E-state index in [9.17, 15) is 15.0 Å². The number of aliphatic hydroxyl groups is 2. The molecule has 0 aromatic rings. The van der Waals surface area contributed by atoms with Crippen LogP contribution in [0.3, 0.4) is 0 Å². The molecule has 2 rings (SSSR count). The van der Waals surface area contributed by atoms with Gasteiger partial charge in [0.2, 0.25) is 5.91 Å². The van der Waals surface area contributed by atoms with Gasteiger partial charge in [-0.25, -0.2) is 0 Å². The molecule has 2 aliphatic heterocycles. The first-order valence-electron chi connectivity index (χ1n) is 6.88. The number of amides is 1. The quantitative estimate of drug-likeness (QED) is 0.719. The Morgan fingerprint density at radius 3 is 2.11 bits per heavy atom. The normalized spacial score (nSPS) is 38.1. The van der Waals surface area contributed by atoms with Crippen molar-refractivity contribution < 1.29 is 15.0 Å². The summed E-state index contributed by atoms with van der Waals surface area (Å²) >= 11 is 0. The van der Waals surface area contributed by atoms with Crippen LogP contribution in [0.1, 0.15) is 33.1 Å². The minimum absolute atomic E-state index is 0.121. The summed E-state index contributed by atoms with van der Waals surface area (Å²) in [5.41, 5.74) is 0. The molecule has 104 valence electrons. The van der Waals surface area contributed by atoms with Gasteiger partial charge >= 0.3 is 0 Å². The molecule has 0 bridgehead atoms. The average Bonchev–Trinajstić information content (AvgIpc) is 2.57. The Kier molecular flexibility index (Phi) is 4.25. The molecule has 5 heteroatoms. The summed E-state index contributed by atoms with van der Waals surface area (Å²) < 4.78 is 0. The topological polar surface area (TPSA) is 64.0 Å². The highest BCUT2D eigenvalue weighted by Gasteiger charge is 2.34. The van der Waals surface area contributed by atoms with Gasteiger partial charge in [-0.05, 0) is 33.1 Å². The molecule has 5 nitrogen and oxygen atoms in total. The Morgan fingerprint density at radius 1 is 1.11 bits per heavy atom. The molecule has 4 atom stereocenters. The van der Waals surface area contributed by atoms with Gasteiger partial charge in [0.15, 0.2) is 0 Å². The number of rotatable bonds is 2. The molecule has 2 N–H and O–H groups in total. The van der Waals surface area contributed by atoms with Crippen LogP contribution in [0, 0.1) is 0 Å². The van der Waals surface area contributed by atoms with E-state index in [1.165, 1.54) is 6.42 Å². The molecule has 0 spiro atoms. The van der Waals surface area contributed by atoms with Crippen molar-refractivity contribution in [3.63, 3.8) is 0 Å². The second-order valence-electron chi connectivity index (χ2n) is 5.76. The van der Waals surface area contributed by atoms with Gasteiger partial charge in [0, 0.05) is 25.2 Å². The largest absolute Gasteiger partial charge is 0.389 e. The number of carbonyl (C=O) groups excluding carboxylic acids is 1. The summed E-state index contributed by atoms with van der Waals surface area (Å²) in [6.45, 7) is 5.29. The highest BCUT2D eigenvalue weighted by molar-refractivity contribution is 5.79. The number of aliphatic hydroxyl groups excluding tert-OH is 2. The lowest BCUT2D eigenvalue weighted by Crippen LogP contribution is -2.51. The number of hydrogen-bond donors (Lipinski definition) is 2. The van der Waals surface area contributed by atoms with Crippen LogP contribution in [-0.2, 0) is 4.79 Å². The Balaban J connectivity index is 1.91. The average molecular weight is 256 g/mol. The number of nitrogens with zero attached hydrogens (tertiary/aromatic N) is 2. The third-order valence-electron chi connectivity index (χ3n) is 4.18. The predicted octanol–water partition coefficient (Wildman–Crippen LogP) is -0.187. The molecule has 2 heterocycles. The standard InChI is InChI=1S/C13H24N2O3/c1-9-4-3-5-10(2)15(9)13(18)8-14-6-11(16)12(17)7-14/h9-12,16-17H,3-8H2,1-2H3/t9?,10?,11-,12+. The van der Waals surface area contributed by atoms with Gasteiger partial charge in [0.05, 0.1) is 18.8 Å². The molecular weight excluding hydrogens is 232 g/mol. The summed E-state index contributed by atoms with van der Waals surface area (Å²) in [6.07, 6.45) is 1.90. The minimum Gasteiger partial charge on any atom is -0.389 e. The molecule has 0 saturated carbocycles. The van der Waals surface area contributed by atoms with E-state index in [0.717, 1.165) is 12.8 Å².